The maximum atomic E-state index is 12.3. The van der Waals surface area contributed by atoms with Gasteiger partial charge in [0.15, 0.2) is 0 Å². The van der Waals surface area contributed by atoms with Crippen LogP contribution in [-0.2, 0) is 14.3 Å². The van der Waals surface area contributed by atoms with Crippen LogP contribution in [0.4, 0.5) is 5.69 Å². The first-order chi connectivity index (χ1) is 10.0. The number of rotatable bonds is 4. The van der Waals surface area contributed by atoms with Crippen LogP contribution in [0.25, 0.3) is 0 Å². The Kier molecular flexibility index (Phi) is 4.85. The van der Waals surface area contributed by atoms with Crippen molar-refractivity contribution in [2.24, 2.45) is 0 Å². The van der Waals surface area contributed by atoms with Crippen molar-refractivity contribution in [3.8, 4) is 0 Å². The molecule has 0 bridgehead atoms. The molecule has 0 aromatic heterocycles. The topological polar surface area (TPSA) is 75.7 Å². The number of benzene rings is 1. The molecule has 0 fully saturated rings. The van der Waals surface area contributed by atoms with E-state index in [2.05, 4.69) is 10.1 Å². The van der Waals surface area contributed by atoms with Gasteiger partial charge < -0.3 is 15.0 Å². The smallest absolute Gasteiger partial charge is 0.307 e. The molecule has 2 amide bonds. The number of nitrogens with one attached hydrogen (secondary N) is 1. The van der Waals surface area contributed by atoms with Crippen LogP contribution >= 0.6 is 11.8 Å². The van der Waals surface area contributed by atoms with Crippen LogP contribution in [0.15, 0.2) is 23.1 Å². The molecule has 0 aliphatic carbocycles. The Balaban J connectivity index is 2.07. The lowest BCUT2D eigenvalue weighted by Crippen LogP contribution is -2.29. The van der Waals surface area contributed by atoms with Crippen LogP contribution in [0, 0.1) is 0 Å². The predicted octanol–water partition coefficient (Wildman–Crippen LogP) is 1.37. The van der Waals surface area contributed by atoms with Crippen molar-refractivity contribution in [2.75, 3.05) is 31.8 Å². The maximum Gasteiger partial charge on any atom is 0.307 e. The zero-order chi connectivity index (χ0) is 15.4. The molecule has 1 heterocycles. The van der Waals surface area contributed by atoms with Crippen LogP contribution in [0.3, 0.4) is 0 Å². The number of fused-ring (bicyclic) bond motifs is 1. The van der Waals surface area contributed by atoms with Gasteiger partial charge in [-0.25, -0.2) is 0 Å². The highest BCUT2D eigenvalue weighted by molar-refractivity contribution is 8.00. The molecular formula is C14H16N2O4S. The number of amides is 2. The molecule has 1 N–H and O–H groups in total. The Morgan fingerprint density at radius 3 is 2.90 bits per heavy atom. The number of hydrogen-bond acceptors (Lipinski definition) is 5. The summed E-state index contributed by atoms with van der Waals surface area (Å²) in [5, 5.41) is 2.75. The van der Waals surface area contributed by atoms with Crippen molar-refractivity contribution in [1.29, 1.82) is 0 Å². The quantitative estimate of drug-likeness (QED) is 0.850. The van der Waals surface area contributed by atoms with E-state index in [1.165, 1.54) is 23.8 Å². The third kappa shape index (κ3) is 3.75. The normalized spacial score (nSPS) is 13.1. The van der Waals surface area contributed by atoms with E-state index in [-0.39, 0.29) is 30.7 Å². The summed E-state index contributed by atoms with van der Waals surface area (Å²) >= 11 is 1.44. The van der Waals surface area contributed by atoms with Crippen molar-refractivity contribution in [1.82, 2.24) is 4.90 Å². The lowest BCUT2D eigenvalue weighted by molar-refractivity contribution is -0.140. The lowest BCUT2D eigenvalue weighted by Gasteiger charge is -2.20. The molecule has 21 heavy (non-hydrogen) atoms. The minimum atomic E-state index is -0.358. The first-order valence-electron chi connectivity index (χ1n) is 6.40. The Labute approximate surface area is 126 Å². The Bertz CT molecular complexity index is 588. The molecule has 0 atom stereocenters. The third-order valence-electron chi connectivity index (χ3n) is 3.09. The second-order valence-corrected chi connectivity index (χ2v) is 5.62. The van der Waals surface area contributed by atoms with E-state index in [0.717, 1.165) is 4.90 Å². The van der Waals surface area contributed by atoms with Gasteiger partial charge in [0.25, 0.3) is 5.91 Å². The predicted molar refractivity (Wildman–Crippen MR) is 79.4 cm³/mol. The average molecular weight is 308 g/mol. The first kappa shape index (κ1) is 15.4. The standard InChI is InChI=1S/C14H16N2O4S/c1-16(6-5-13(18)20-2)14(19)9-3-4-11-10(7-9)15-12(17)8-21-11/h3-4,7H,5-6,8H2,1-2H3,(H,15,17). The Hall–Kier alpha value is -2.02. The van der Waals surface area contributed by atoms with E-state index >= 15 is 0 Å². The lowest BCUT2D eigenvalue weighted by atomic mass is 10.1. The average Bonchev–Trinajstić information content (AvgIpc) is 2.50. The summed E-state index contributed by atoms with van der Waals surface area (Å²) in [7, 11) is 2.94. The molecule has 2 rings (SSSR count). The monoisotopic (exact) mass is 308 g/mol. The number of carbonyl (C=O) groups is 3. The van der Waals surface area contributed by atoms with Gasteiger partial charge in [0.05, 0.1) is 25.0 Å². The van der Waals surface area contributed by atoms with Gasteiger partial charge in [-0.1, -0.05) is 0 Å². The second-order valence-electron chi connectivity index (χ2n) is 4.60. The third-order valence-corrected chi connectivity index (χ3v) is 4.16. The van der Waals surface area contributed by atoms with E-state index in [1.807, 2.05) is 6.07 Å². The fourth-order valence-electron chi connectivity index (χ4n) is 1.90. The summed E-state index contributed by atoms with van der Waals surface area (Å²) in [6, 6.07) is 5.21. The molecule has 1 aliphatic heterocycles. The Morgan fingerprint density at radius 1 is 1.43 bits per heavy atom. The van der Waals surface area contributed by atoms with Crippen LogP contribution in [0.5, 0.6) is 0 Å². The van der Waals surface area contributed by atoms with Crippen molar-refractivity contribution < 1.29 is 19.1 Å². The van der Waals surface area contributed by atoms with E-state index in [0.29, 0.717) is 17.0 Å². The van der Waals surface area contributed by atoms with Gasteiger partial charge in [-0.05, 0) is 18.2 Å². The molecule has 112 valence electrons. The molecule has 1 aromatic carbocycles. The van der Waals surface area contributed by atoms with Gasteiger partial charge in [0, 0.05) is 24.1 Å². The summed E-state index contributed by atoms with van der Waals surface area (Å²) in [5.41, 5.74) is 1.13. The summed E-state index contributed by atoms with van der Waals surface area (Å²) in [4.78, 5) is 37.1. The number of thioether (sulfide) groups is 1. The highest BCUT2D eigenvalue weighted by Gasteiger charge is 2.19. The second kappa shape index (κ2) is 6.62. The van der Waals surface area contributed by atoms with Crippen molar-refractivity contribution >= 4 is 35.2 Å². The highest BCUT2D eigenvalue weighted by Crippen LogP contribution is 2.32. The molecule has 0 saturated carbocycles. The molecule has 0 saturated heterocycles. The van der Waals surface area contributed by atoms with Crippen LogP contribution < -0.4 is 5.32 Å². The molecule has 6 nitrogen and oxygen atoms in total. The first-order valence-corrected chi connectivity index (χ1v) is 7.39. The largest absolute Gasteiger partial charge is 0.469 e. The maximum absolute atomic E-state index is 12.3. The number of ether oxygens (including phenoxy) is 1. The van der Waals surface area contributed by atoms with E-state index in [4.69, 9.17) is 0 Å². The SMILES string of the molecule is COC(=O)CCN(C)C(=O)c1ccc2c(c1)NC(=O)CS2. The van der Waals surface area contributed by atoms with Gasteiger partial charge in [0.1, 0.15) is 0 Å². The van der Waals surface area contributed by atoms with Crippen LogP contribution in [0.1, 0.15) is 16.8 Å². The molecule has 1 aromatic rings. The van der Waals surface area contributed by atoms with Crippen LogP contribution in [-0.4, -0.2) is 49.1 Å². The molecule has 1 aliphatic rings. The molecule has 7 heteroatoms. The van der Waals surface area contributed by atoms with Crippen molar-refractivity contribution in [2.45, 2.75) is 11.3 Å². The summed E-state index contributed by atoms with van der Waals surface area (Å²) in [6.07, 6.45) is 0.149. The van der Waals surface area contributed by atoms with Crippen molar-refractivity contribution in [3.63, 3.8) is 0 Å². The van der Waals surface area contributed by atoms with Gasteiger partial charge in [-0.2, -0.15) is 0 Å². The molecule has 0 radical (unpaired) electrons. The van der Waals surface area contributed by atoms with Crippen molar-refractivity contribution in [3.05, 3.63) is 23.8 Å². The zero-order valence-electron chi connectivity index (χ0n) is 11.8. The van der Waals surface area contributed by atoms with E-state index in [1.54, 1.807) is 19.2 Å². The van der Waals surface area contributed by atoms with Gasteiger partial charge in [-0.3, -0.25) is 14.4 Å². The molecular weight excluding hydrogens is 292 g/mol. The Morgan fingerprint density at radius 2 is 2.19 bits per heavy atom. The molecule has 0 spiro atoms. The fourth-order valence-corrected chi connectivity index (χ4v) is 2.69. The molecule has 0 unspecified atom stereocenters. The number of esters is 1. The van der Waals surface area contributed by atoms with Gasteiger partial charge >= 0.3 is 5.97 Å². The number of carbonyl (C=O) groups excluding carboxylic acids is 3. The van der Waals surface area contributed by atoms with E-state index in [9.17, 15) is 14.4 Å². The number of hydrogen-bond donors (Lipinski definition) is 1. The number of anilines is 1. The minimum absolute atomic E-state index is 0.0730. The highest BCUT2D eigenvalue weighted by atomic mass is 32.2. The van der Waals surface area contributed by atoms with Gasteiger partial charge in [0.2, 0.25) is 5.91 Å². The minimum Gasteiger partial charge on any atom is -0.469 e. The number of nitrogens with zero attached hydrogens (tertiary/aromatic N) is 1. The zero-order valence-corrected chi connectivity index (χ0v) is 12.7. The summed E-state index contributed by atoms with van der Waals surface area (Å²) < 4.78 is 4.55. The van der Waals surface area contributed by atoms with Gasteiger partial charge in [-0.15, -0.1) is 11.8 Å². The summed E-state index contributed by atoms with van der Waals surface area (Å²) in [6.45, 7) is 0.281. The van der Waals surface area contributed by atoms with Crippen LogP contribution in [0.2, 0.25) is 0 Å². The fraction of sp³-hybridized carbons (Fsp3) is 0.357. The summed E-state index contributed by atoms with van der Waals surface area (Å²) in [5.74, 6) is -0.245. The number of methoxy groups -OCH3 is 1. The van der Waals surface area contributed by atoms with E-state index < -0.39 is 0 Å².